The first-order valence-corrected chi connectivity index (χ1v) is 9.83. The van der Waals surface area contributed by atoms with Crippen LogP contribution in [0.1, 0.15) is 23.1 Å². The lowest BCUT2D eigenvalue weighted by atomic mass is 10.0. The van der Waals surface area contributed by atoms with Gasteiger partial charge in [0.2, 0.25) is 0 Å². The van der Waals surface area contributed by atoms with E-state index >= 15 is 0 Å². The van der Waals surface area contributed by atoms with E-state index in [0.29, 0.717) is 35.2 Å². The summed E-state index contributed by atoms with van der Waals surface area (Å²) in [4.78, 5) is 16.8. The molecule has 6 nitrogen and oxygen atoms in total. The van der Waals surface area contributed by atoms with Crippen molar-refractivity contribution in [3.05, 3.63) is 38.2 Å². The van der Waals surface area contributed by atoms with Gasteiger partial charge in [-0.1, -0.05) is 11.6 Å². The third-order valence-electron chi connectivity index (χ3n) is 5.57. The van der Waals surface area contributed by atoms with Crippen LogP contribution in [0.4, 0.5) is 0 Å². The van der Waals surface area contributed by atoms with E-state index < -0.39 is 0 Å². The average Bonchev–Trinajstić information content (AvgIpc) is 2.68. The van der Waals surface area contributed by atoms with E-state index in [1.807, 2.05) is 13.0 Å². The lowest BCUT2D eigenvalue weighted by molar-refractivity contribution is 0.0330. The first-order chi connectivity index (χ1) is 13.0. The smallest absolute Gasteiger partial charge is 0.339 e. The van der Waals surface area contributed by atoms with Crippen LogP contribution in [0.25, 0.3) is 11.0 Å². The molecule has 0 amide bonds. The van der Waals surface area contributed by atoms with Crippen LogP contribution in [0, 0.1) is 13.8 Å². The van der Waals surface area contributed by atoms with Crippen molar-refractivity contribution < 1.29 is 13.9 Å². The van der Waals surface area contributed by atoms with Gasteiger partial charge in [0.05, 0.1) is 23.8 Å². The van der Waals surface area contributed by atoms with Gasteiger partial charge >= 0.3 is 5.63 Å². The van der Waals surface area contributed by atoms with Crippen LogP contribution in [0.2, 0.25) is 5.02 Å². The number of rotatable bonds is 4. The summed E-state index contributed by atoms with van der Waals surface area (Å²) in [5.41, 5.74) is 2.71. The quantitative estimate of drug-likeness (QED) is 0.746. The first kappa shape index (κ1) is 18.7. The molecule has 0 radical (unpaired) electrons. The fourth-order valence-corrected chi connectivity index (χ4v) is 4.08. The van der Waals surface area contributed by atoms with E-state index in [0.717, 1.165) is 62.3 Å². The number of ether oxygens (including phenoxy) is 2. The SMILES string of the molecule is Cc1c(C)c2cc(Cl)c3c(c2oc1=O)CN(CCCN1CCOCC1)CO3. The third-order valence-corrected chi connectivity index (χ3v) is 5.85. The number of morpholine rings is 1. The standard InChI is InChI=1S/C20H25ClN2O4/c1-13-14(2)20(24)27-18-15(13)10-17(21)19-16(18)11-23(12-26-19)5-3-4-22-6-8-25-9-7-22/h10H,3-9,11-12H2,1-2H3. The number of hydrogen-bond acceptors (Lipinski definition) is 6. The van der Waals surface area contributed by atoms with Gasteiger partial charge in [0.1, 0.15) is 18.1 Å². The average molecular weight is 393 g/mol. The Morgan fingerprint density at radius 2 is 1.85 bits per heavy atom. The Kier molecular flexibility index (Phi) is 5.41. The van der Waals surface area contributed by atoms with E-state index in [9.17, 15) is 4.79 Å². The van der Waals surface area contributed by atoms with Crippen LogP contribution in [0.5, 0.6) is 5.75 Å². The van der Waals surface area contributed by atoms with Gasteiger partial charge in [-0.15, -0.1) is 0 Å². The zero-order valence-corrected chi connectivity index (χ0v) is 16.6. The summed E-state index contributed by atoms with van der Waals surface area (Å²) in [7, 11) is 0. The molecule has 0 N–H and O–H groups in total. The Bertz CT molecular complexity index is 905. The molecule has 0 atom stereocenters. The fraction of sp³-hybridized carbons (Fsp3) is 0.550. The Hall–Kier alpha value is -1.60. The van der Waals surface area contributed by atoms with E-state index in [1.54, 1.807) is 6.92 Å². The molecule has 1 aromatic carbocycles. The van der Waals surface area contributed by atoms with Gasteiger partial charge in [0, 0.05) is 37.1 Å². The van der Waals surface area contributed by atoms with Crippen molar-refractivity contribution in [1.82, 2.24) is 9.80 Å². The van der Waals surface area contributed by atoms with Crippen molar-refractivity contribution in [1.29, 1.82) is 0 Å². The molecule has 0 bridgehead atoms. The summed E-state index contributed by atoms with van der Waals surface area (Å²) >= 11 is 6.46. The van der Waals surface area contributed by atoms with Crippen molar-refractivity contribution in [2.75, 3.05) is 46.1 Å². The van der Waals surface area contributed by atoms with Crippen molar-refractivity contribution in [2.24, 2.45) is 0 Å². The van der Waals surface area contributed by atoms with Crippen molar-refractivity contribution in [3.8, 4) is 5.75 Å². The predicted octanol–water partition coefficient (Wildman–Crippen LogP) is 2.94. The Balaban J connectivity index is 1.54. The summed E-state index contributed by atoms with van der Waals surface area (Å²) in [5, 5.41) is 1.46. The van der Waals surface area contributed by atoms with Gasteiger partial charge in [0.15, 0.2) is 0 Å². The number of fused-ring (bicyclic) bond motifs is 3. The highest BCUT2D eigenvalue weighted by molar-refractivity contribution is 6.33. The maximum Gasteiger partial charge on any atom is 0.339 e. The van der Waals surface area contributed by atoms with Crippen LogP contribution < -0.4 is 10.4 Å². The van der Waals surface area contributed by atoms with Gasteiger partial charge in [0.25, 0.3) is 0 Å². The molecule has 2 aliphatic heterocycles. The molecule has 1 aromatic heterocycles. The predicted molar refractivity (Wildman–Crippen MR) is 105 cm³/mol. The minimum Gasteiger partial charge on any atom is -0.476 e. The molecular formula is C20H25ClN2O4. The summed E-state index contributed by atoms with van der Waals surface area (Å²) in [6.45, 7) is 10.5. The second-order valence-electron chi connectivity index (χ2n) is 7.32. The van der Waals surface area contributed by atoms with Gasteiger partial charge in [-0.25, -0.2) is 4.79 Å². The Morgan fingerprint density at radius 1 is 1.11 bits per heavy atom. The van der Waals surface area contributed by atoms with Gasteiger partial charge < -0.3 is 13.9 Å². The molecule has 2 aromatic rings. The monoisotopic (exact) mass is 392 g/mol. The molecule has 0 aliphatic carbocycles. The minimum absolute atomic E-state index is 0.297. The van der Waals surface area contributed by atoms with Crippen LogP contribution in [-0.2, 0) is 11.3 Å². The maximum absolute atomic E-state index is 12.2. The highest BCUT2D eigenvalue weighted by atomic mass is 35.5. The number of benzene rings is 1. The maximum atomic E-state index is 12.2. The number of aryl methyl sites for hydroxylation is 1. The molecule has 4 rings (SSSR count). The fourth-order valence-electron chi connectivity index (χ4n) is 3.80. The Labute approximate surface area is 163 Å². The largest absolute Gasteiger partial charge is 0.476 e. The molecule has 2 aliphatic rings. The molecule has 0 unspecified atom stereocenters. The van der Waals surface area contributed by atoms with Gasteiger partial charge in [-0.05, 0) is 38.4 Å². The highest BCUT2D eigenvalue weighted by Crippen LogP contribution is 2.39. The van der Waals surface area contributed by atoms with Crippen LogP contribution in [-0.4, -0.2) is 55.9 Å². The van der Waals surface area contributed by atoms with E-state index in [4.69, 9.17) is 25.5 Å². The van der Waals surface area contributed by atoms with Crippen molar-refractivity contribution in [2.45, 2.75) is 26.8 Å². The number of hydrogen-bond donors (Lipinski definition) is 0. The van der Waals surface area contributed by atoms with Crippen molar-refractivity contribution >= 4 is 22.6 Å². The molecule has 7 heteroatoms. The molecule has 1 saturated heterocycles. The number of nitrogens with zero attached hydrogens (tertiary/aromatic N) is 2. The normalized spacial score (nSPS) is 18.5. The summed E-state index contributed by atoms with van der Waals surface area (Å²) in [6, 6.07) is 1.84. The number of halogens is 1. The van der Waals surface area contributed by atoms with Gasteiger partial charge in [-0.3, -0.25) is 9.80 Å². The lowest BCUT2D eigenvalue weighted by Crippen LogP contribution is -2.39. The first-order valence-electron chi connectivity index (χ1n) is 9.45. The summed E-state index contributed by atoms with van der Waals surface area (Å²) in [5.74, 6) is 0.639. The van der Waals surface area contributed by atoms with E-state index in [2.05, 4.69) is 9.80 Å². The highest BCUT2D eigenvalue weighted by Gasteiger charge is 2.25. The third kappa shape index (κ3) is 3.72. The second kappa shape index (κ2) is 7.80. The molecule has 0 spiro atoms. The second-order valence-corrected chi connectivity index (χ2v) is 7.72. The van der Waals surface area contributed by atoms with Crippen LogP contribution >= 0.6 is 11.6 Å². The zero-order chi connectivity index (χ0) is 19.0. The minimum atomic E-state index is -0.297. The Morgan fingerprint density at radius 3 is 2.63 bits per heavy atom. The molecule has 27 heavy (non-hydrogen) atoms. The zero-order valence-electron chi connectivity index (χ0n) is 15.8. The topological polar surface area (TPSA) is 55.2 Å². The molecule has 146 valence electrons. The summed E-state index contributed by atoms with van der Waals surface area (Å²) < 4.78 is 17.0. The van der Waals surface area contributed by atoms with Gasteiger partial charge in [-0.2, -0.15) is 0 Å². The van der Waals surface area contributed by atoms with Crippen LogP contribution in [0.3, 0.4) is 0 Å². The lowest BCUT2D eigenvalue weighted by Gasteiger charge is -2.31. The van der Waals surface area contributed by atoms with E-state index in [-0.39, 0.29) is 5.63 Å². The van der Waals surface area contributed by atoms with Crippen LogP contribution in [0.15, 0.2) is 15.3 Å². The molecule has 1 fully saturated rings. The van der Waals surface area contributed by atoms with Crippen molar-refractivity contribution in [3.63, 3.8) is 0 Å². The molecular weight excluding hydrogens is 368 g/mol. The summed E-state index contributed by atoms with van der Waals surface area (Å²) in [6.07, 6.45) is 1.05. The molecule has 3 heterocycles. The van der Waals surface area contributed by atoms with E-state index in [1.165, 1.54) is 0 Å². The molecule has 0 saturated carbocycles.